The average molecular weight is 312 g/mol. The molecule has 1 amide bonds. The molecular formula is C15H22ClN3O2. The minimum Gasteiger partial charge on any atom is -0.495 e. The van der Waals surface area contributed by atoms with Crippen LogP contribution in [0.15, 0.2) is 18.2 Å². The van der Waals surface area contributed by atoms with Crippen LogP contribution in [-0.2, 0) is 4.79 Å². The van der Waals surface area contributed by atoms with E-state index in [9.17, 15) is 4.79 Å². The van der Waals surface area contributed by atoms with Gasteiger partial charge in [0.25, 0.3) is 0 Å². The first kappa shape index (κ1) is 16.1. The van der Waals surface area contributed by atoms with E-state index in [1.165, 1.54) is 0 Å². The molecular weight excluding hydrogens is 290 g/mol. The Kier molecular flexibility index (Phi) is 5.85. The number of amides is 1. The van der Waals surface area contributed by atoms with E-state index in [0.717, 1.165) is 25.9 Å². The fraction of sp³-hybridized carbons (Fsp3) is 0.533. The van der Waals surface area contributed by atoms with Crippen molar-refractivity contribution in [3.05, 3.63) is 23.2 Å². The van der Waals surface area contributed by atoms with Crippen molar-refractivity contribution in [3.8, 4) is 5.75 Å². The van der Waals surface area contributed by atoms with Gasteiger partial charge in [0.05, 0.1) is 19.3 Å². The van der Waals surface area contributed by atoms with Crippen LogP contribution >= 0.6 is 11.6 Å². The molecule has 116 valence electrons. The fourth-order valence-corrected chi connectivity index (χ4v) is 2.72. The zero-order valence-electron chi connectivity index (χ0n) is 12.5. The molecule has 1 aromatic carbocycles. The Labute approximate surface area is 130 Å². The van der Waals surface area contributed by atoms with Gasteiger partial charge in [-0.15, -0.1) is 0 Å². The van der Waals surface area contributed by atoms with Gasteiger partial charge in [-0.25, -0.2) is 0 Å². The summed E-state index contributed by atoms with van der Waals surface area (Å²) in [4.78, 5) is 14.3. The molecule has 1 fully saturated rings. The van der Waals surface area contributed by atoms with Crippen LogP contribution in [0.4, 0.5) is 5.69 Å². The molecule has 0 unspecified atom stereocenters. The Morgan fingerprint density at radius 2 is 2.14 bits per heavy atom. The lowest BCUT2D eigenvalue weighted by Crippen LogP contribution is -2.44. The zero-order chi connectivity index (χ0) is 15.2. The summed E-state index contributed by atoms with van der Waals surface area (Å²) < 4.78 is 5.22. The topological polar surface area (TPSA) is 53.6 Å². The van der Waals surface area contributed by atoms with Crippen molar-refractivity contribution < 1.29 is 9.53 Å². The predicted molar refractivity (Wildman–Crippen MR) is 85.2 cm³/mol. The zero-order valence-corrected chi connectivity index (χ0v) is 13.2. The Morgan fingerprint density at radius 3 is 2.76 bits per heavy atom. The summed E-state index contributed by atoms with van der Waals surface area (Å²) in [7, 11) is 3.56. The maximum atomic E-state index is 12.1. The lowest BCUT2D eigenvalue weighted by atomic mass is 10.1. The van der Waals surface area contributed by atoms with E-state index < -0.39 is 0 Å². The van der Waals surface area contributed by atoms with Crippen LogP contribution in [-0.4, -0.2) is 50.6 Å². The molecule has 0 spiro atoms. The summed E-state index contributed by atoms with van der Waals surface area (Å²) in [6.45, 7) is 2.27. The summed E-state index contributed by atoms with van der Waals surface area (Å²) in [5.41, 5.74) is 0.611. The molecule has 2 N–H and O–H groups in total. The number of rotatable bonds is 5. The molecule has 0 atom stereocenters. The van der Waals surface area contributed by atoms with Gasteiger partial charge < -0.3 is 15.4 Å². The van der Waals surface area contributed by atoms with Crippen LogP contribution in [0.25, 0.3) is 0 Å². The predicted octanol–water partition coefficient (Wildman–Crippen LogP) is 1.97. The van der Waals surface area contributed by atoms with Gasteiger partial charge in [0.1, 0.15) is 5.75 Å². The first-order chi connectivity index (χ1) is 10.1. The van der Waals surface area contributed by atoms with Crippen molar-refractivity contribution in [2.24, 2.45) is 0 Å². The highest BCUT2D eigenvalue weighted by Crippen LogP contribution is 2.27. The molecule has 5 nitrogen and oxygen atoms in total. The van der Waals surface area contributed by atoms with Crippen molar-refractivity contribution in [2.75, 3.05) is 39.1 Å². The molecule has 0 bridgehead atoms. The molecule has 1 aromatic rings. The van der Waals surface area contributed by atoms with Gasteiger partial charge in [0.2, 0.25) is 5.91 Å². The van der Waals surface area contributed by atoms with E-state index in [-0.39, 0.29) is 5.91 Å². The lowest BCUT2D eigenvalue weighted by molar-refractivity contribution is -0.117. The SMILES string of the molecule is CNC1CCN(CC(=O)Nc2cc(Cl)ccc2OC)CC1. The summed E-state index contributed by atoms with van der Waals surface area (Å²) in [5.74, 6) is 0.570. The largest absolute Gasteiger partial charge is 0.495 e. The van der Waals surface area contributed by atoms with E-state index in [4.69, 9.17) is 16.3 Å². The van der Waals surface area contributed by atoms with Gasteiger partial charge in [-0.2, -0.15) is 0 Å². The molecule has 1 saturated heterocycles. The number of nitrogens with zero attached hydrogens (tertiary/aromatic N) is 1. The second-order valence-electron chi connectivity index (χ2n) is 5.23. The standard InChI is InChI=1S/C15H22ClN3O2/c1-17-12-5-7-19(8-6-12)10-15(20)18-13-9-11(16)3-4-14(13)21-2/h3-4,9,12,17H,5-8,10H2,1-2H3,(H,18,20). The molecule has 0 radical (unpaired) electrons. The van der Waals surface area contributed by atoms with E-state index in [1.54, 1.807) is 25.3 Å². The maximum Gasteiger partial charge on any atom is 0.238 e. The van der Waals surface area contributed by atoms with Gasteiger partial charge >= 0.3 is 0 Å². The van der Waals surface area contributed by atoms with Gasteiger partial charge in [-0.1, -0.05) is 11.6 Å². The van der Waals surface area contributed by atoms with Gasteiger partial charge in [0.15, 0.2) is 0 Å². The number of benzene rings is 1. The number of halogens is 1. The number of carbonyl (C=O) groups is 1. The van der Waals surface area contributed by atoms with Crippen LogP contribution in [0.1, 0.15) is 12.8 Å². The lowest BCUT2D eigenvalue weighted by Gasteiger charge is -2.31. The number of carbonyl (C=O) groups excluding carboxylic acids is 1. The molecule has 1 heterocycles. The second-order valence-corrected chi connectivity index (χ2v) is 5.67. The van der Waals surface area contributed by atoms with Crippen molar-refractivity contribution >= 4 is 23.2 Å². The number of likely N-dealkylation sites (tertiary alicyclic amines) is 1. The summed E-state index contributed by atoms with van der Waals surface area (Å²) in [5, 5.41) is 6.72. The highest BCUT2D eigenvalue weighted by molar-refractivity contribution is 6.31. The summed E-state index contributed by atoms with van der Waals surface area (Å²) in [6, 6.07) is 5.75. The molecule has 1 aliphatic heterocycles. The number of methoxy groups -OCH3 is 1. The Morgan fingerprint density at radius 1 is 1.43 bits per heavy atom. The second kappa shape index (κ2) is 7.64. The van der Waals surface area contributed by atoms with Gasteiger partial charge in [0, 0.05) is 24.2 Å². The summed E-state index contributed by atoms with van der Waals surface area (Å²) in [6.07, 6.45) is 2.15. The number of anilines is 1. The molecule has 0 aromatic heterocycles. The van der Waals surface area contributed by atoms with Crippen molar-refractivity contribution in [3.63, 3.8) is 0 Å². The molecule has 0 saturated carbocycles. The first-order valence-corrected chi connectivity index (χ1v) is 7.53. The average Bonchev–Trinajstić information content (AvgIpc) is 2.48. The molecule has 2 rings (SSSR count). The normalized spacial score (nSPS) is 16.7. The fourth-order valence-electron chi connectivity index (χ4n) is 2.55. The number of nitrogens with one attached hydrogen (secondary N) is 2. The Hall–Kier alpha value is -1.30. The van der Waals surface area contributed by atoms with E-state index >= 15 is 0 Å². The van der Waals surface area contributed by atoms with Crippen molar-refractivity contribution in [2.45, 2.75) is 18.9 Å². The molecule has 6 heteroatoms. The quantitative estimate of drug-likeness (QED) is 0.873. The van der Waals surface area contributed by atoms with Crippen LogP contribution in [0.5, 0.6) is 5.75 Å². The molecule has 21 heavy (non-hydrogen) atoms. The van der Waals surface area contributed by atoms with E-state index in [2.05, 4.69) is 15.5 Å². The summed E-state index contributed by atoms with van der Waals surface area (Å²) >= 11 is 5.96. The van der Waals surface area contributed by atoms with Crippen molar-refractivity contribution in [1.29, 1.82) is 0 Å². The van der Waals surface area contributed by atoms with E-state index in [1.807, 2.05) is 7.05 Å². The minimum atomic E-state index is -0.0431. The number of piperidine rings is 1. The van der Waals surface area contributed by atoms with Crippen molar-refractivity contribution in [1.82, 2.24) is 10.2 Å². The van der Waals surface area contributed by atoms with E-state index in [0.29, 0.717) is 29.0 Å². The Balaban J connectivity index is 1.89. The highest BCUT2D eigenvalue weighted by atomic mass is 35.5. The number of ether oxygens (including phenoxy) is 1. The Bertz CT molecular complexity index is 488. The van der Waals surface area contributed by atoms with Gasteiger partial charge in [-0.3, -0.25) is 9.69 Å². The van der Waals surface area contributed by atoms with Crippen LogP contribution in [0.3, 0.4) is 0 Å². The van der Waals surface area contributed by atoms with Crippen LogP contribution < -0.4 is 15.4 Å². The third-order valence-corrected chi connectivity index (χ3v) is 4.03. The van der Waals surface area contributed by atoms with Crippen LogP contribution in [0, 0.1) is 0 Å². The van der Waals surface area contributed by atoms with Crippen LogP contribution in [0.2, 0.25) is 5.02 Å². The maximum absolute atomic E-state index is 12.1. The monoisotopic (exact) mass is 311 g/mol. The third-order valence-electron chi connectivity index (χ3n) is 3.80. The smallest absolute Gasteiger partial charge is 0.238 e. The van der Waals surface area contributed by atoms with Gasteiger partial charge in [-0.05, 0) is 38.1 Å². The minimum absolute atomic E-state index is 0.0431. The first-order valence-electron chi connectivity index (χ1n) is 7.15. The highest BCUT2D eigenvalue weighted by Gasteiger charge is 2.20. The third kappa shape index (κ3) is 4.59. The number of hydrogen-bond acceptors (Lipinski definition) is 4. The molecule has 0 aliphatic carbocycles. The molecule has 1 aliphatic rings. The number of hydrogen-bond donors (Lipinski definition) is 2.